The average Bonchev–Trinajstić information content (AvgIpc) is 2.77. The van der Waals surface area contributed by atoms with Crippen molar-refractivity contribution >= 4 is 5.91 Å². The molecule has 150 valence electrons. The van der Waals surface area contributed by atoms with E-state index in [1.54, 1.807) is 14.2 Å². The van der Waals surface area contributed by atoms with E-state index in [1.807, 2.05) is 23.1 Å². The summed E-state index contributed by atoms with van der Waals surface area (Å²) in [6.45, 7) is 4.51. The van der Waals surface area contributed by atoms with E-state index in [0.29, 0.717) is 12.8 Å². The Labute approximate surface area is 167 Å². The van der Waals surface area contributed by atoms with Crippen molar-refractivity contribution in [3.8, 4) is 11.5 Å². The summed E-state index contributed by atoms with van der Waals surface area (Å²) in [7, 11) is 3.30. The van der Waals surface area contributed by atoms with Crippen LogP contribution in [0.15, 0.2) is 42.5 Å². The minimum Gasteiger partial charge on any atom is -0.497 e. The van der Waals surface area contributed by atoms with Crippen LogP contribution in [0, 0.1) is 0 Å². The minimum absolute atomic E-state index is 0.0827. The zero-order chi connectivity index (χ0) is 19.9. The van der Waals surface area contributed by atoms with E-state index in [2.05, 4.69) is 36.5 Å². The van der Waals surface area contributed by atoms with E-state index in [1.165, 1.54) is 11.1 Å². The van der Waals surface area contributed by atoms with Gasteiger partial charge < -0.3 is 19.7 Å². The molecule has 1 unspecified atom stereocenters. The summed E-state index contributed by atoms with van der Waals surface area (Å²) in [5, 5.41) is 3.42. The van der Waals surface area contributed by atoms with Crippen LogP contribution >= 0.6 is 0 Å². The Morgan fingerprint density at radius 1 is 1.14 bits per heavy atom. The molecule has 0 aliphatic carbocycles. The SMILES string of the molecule is CCc1ccc(C2CNCCN2C(=O)CCc2cc(OC)ccc2OC)cc1. The first-order valence-electron chi connectivity index (χ1n) is 9.96. The number of nitrogens with zero attached hydrogens (tertiary/aromatic N) is 1. The molecule has 1 saturated heterocycles. The lowest BCUT2D eigenvalue weighted by Crippen LogP contribution is -2.48. The van der Waals surface area contributed by atoms with Crippen LogP contribution in [-0.4, -0.2) is 44.7 Å². The second kappa shape index (κ2) is 9.60. The predicted molar refractivity (Wildman–Crippen MR) is 111 cm³/mol. The Morgan fingerprint density at radius 3 is 2.61 bits per heavy atom. The van der Waals surface area contributed by atoms with Crippen molar-refractivity contribution in [2.75, 3.05) is 33.9 Å². The number of amides is 1. The molecule has 28 heavy (non-hydrogen) atoms. The zero-order valence-corrected chi connectivity index (χ0v) is 17.0. The van der Waals surface area contributed by atoms with Gasteiger partial charge in [0.15, 0.2) is 0 Å². The van der Waals surface area contributed by atoms with E-state index in [4.69, 9.17) is 9.47 Å². The molecule has 1 aliphatic heterocycles. The molecule has 5 nitrogen and oxygen atoms in total. The van der Waals surface area contributed by atoms with Gasteiger partial charge in [-0.2, -0.15) is 0 Å². The number of hydrogen-bond donors (Lipinski definition) is 1. The Hall–Kier alpha value is -2.53. The molecule has 2 aromatic carbocycles. The molecule has 0 aromatic heterocycles. The van der Waals surface area contributed by atoms with Gasteiger partial charge in [-0.25, -0.2) is 0 Å². The largest absolute Gasteiger partial charge is 0.497 e. The summed E-state index contributed by atoms with van der Waals surface area (Å²) in [6, 6.07) is 14.4. The monoisotopic (exact) mass is 382 g/mol. The Balaban J connectivity index is 1.71. The van der Waals surface area contributed by atoms with Gasteiger partial charge in [0.05, 0.1) is 20.3 Å². The van der Waals surface area contributed by atoms with Crippen LogP contribution in [-0.2, 0) is 17.6 Å². The second-order valence-corrected chi connectivity index (χ2v) is 7.08. The van der Waals surface area contributed by atoms with Crippen LogP contribution in [0.25, 0.3) is 0 Å². The van der Waals surface area contributed by atoms with E-state index in [9.17, 15) is 4.79 Å². The molecule has 0 saturated carbocycles. The molecule has 0 spiro atoms. The topological polar surface area (TPSA) is 50.8 Å². The maximum atomic E-state index is 13.1. The molecule has 1 fully saturated rings. The van der Waals surface area contributed by atoms with Gasteiger partial charge in [-0.3, -0.25) is 4.79 Å². The number of piperazine rings is 1. The number of carbonyl (C=O) groups excluding carboxylic acids is 1. The third kappa shape index (κ3) is 4.65. The summed E-state index contributed by atoms with van der Waals surface area (Å²) in [5.41, 5.74) is 3.50. The Bertz CT molecular complexity index is 789. The first-order chi connectivity index (χ1) is 13.7. The highest BCUT2D eigenvalue weighted by Crippen LogP contribution is 2.27. The highest BCUT2D eigenvalue weighted by atomic mass is 16.5. The molecule has 1 heterocycles. The molecular weight excluding hydrogens is 352 g/mol. The van der Waals surface area contributed by atoms with E-state index in [-0.39, 0.29) is 11.9 Å². The van der Waals surface area contributed by atoms with Gasteiger partial charge in [-0.15, -0.1) is 0 Å². The van der Waals surface area contributed by atoms with Crippen molar-refractivity contribution in [1.29, 1.82) is 0 Å². The summed E-state index contributed by atoms with van der Waals surface area (Å²) in [4.78, 5) is 15.1. The third-order valence-electron chi connectivity index (χ3n) is 5.43. The summed E-state index contributed by atoms with van der Waals surface area (Å²) in [5.74, 6) is 1.75. The number of aryl methyl sites for hydroxylation is 2. The normalized spacial score (nSPS) is 16.7. The van der Waals surface area contributed by atoms with Crippen LogP contribution in [0.5, 0.6) is 11.5 Å². The molecule has 0 radical (unpaired) electrons. The molecule has 3 rings (SSSR count). The quantitative estimate of drug-likeness (QED) is 0.798. The van der Waals surface area contributed by atoms with E-state index in [0.717, 1.165) is 43.1 Å². The predicted octanol–water partition coefficient (Wildman–Crippen LogP) is 3.37. The molecule has 2 aromatic rings. The van der Waals surface area contributed by atoms with Crippen LogP contribution in [0.2, 0.25) is 0 Å². The van der Waals surface area contributed by atoms with E-state index >= 15 is 0 Å². The van der Waals surface area contributed by atoms with Crippen molar-refractivity contribution < 1.29 is 14.3 Å². The Kier molecular flexibility index (Phi) is 6.93. The Morgan fingerprint density at radius 2 is 1.93 bits per heavy atom. The molecule has 1 N–H and O–H groups in total. The first-order valence-corrected chi connectivity index (χ1v) is 9.96. The van der Waals surface area contributed by atoms with Gasteiger partial charge in [-0.1, -0.05) is 31.2 Å². The van der Waals surface area contributed by atoms with Gasteiger partial charge in [0.2, 0.25) is 5.91 Å². The van der Waals surface area contributed by atoms with Crippen molar-refractivity contribution in [1.82, 2.24) is 10.2 Å². The summed E-state index contributed by atoms with van der Waals surface area (Å²) in [6.07, 6.45) is 2.10. The van der Waals surface area contributed by atoms with Crippen molar-refractivity contribution in [3.05, 3.63) is 59.2 Å². The van der Waals surface area contributed by atoms with Gasteiger partial charge >= 0.3 is 0 Å². The summed E-state index contributed by atoms with van der Waals surface area (Å²) >= 11 is 0. The zero-order valence-electron chi connectivity index (χ0n) is 17.0. The molecule has 1 amide bonds. The van der Waals surface area contributed by atoms with Gasteiger partial charge in [0.1, 0.15) is 11.5 Å². The lowest BCUT2D eigenvalue weighted by molar-refractivity contribution is -0.134. The molecule has 1 aliphatic rings. The van der Waals surface area contributed by atoms with Crippen molar-refractivity contribution in [2.45, 2.75) is 32.2 Å². The third-order valence-corrected chi connectivity index (χ3v) is 5.43. The second-order valence-electron chi connectivity index (χ2n) is 7.08. The fourth-order valence-corrected chi connectivity index (χ4v) is 3.74. The number of nitrogens with one attached hydrogen (secondary N) is 1. The van der Waals surface area contributed by atoms with Crippen LogP contribution in [0.3, 0.4) is 0 Å². The lowest BCUT2D eigenvalue weighted by atomic mass is 10.00. The van der Waals surface area contributed by atoms with Crippen LogP contribution in [0.4, 0.5) is 0 Å². The average molecular weight is 383 g/mol. The number of hydrogen-bond acceptors (Lipinski definition) is 4. The molecule has 0 bridgehead atoms. The maximum Gasteiger partial charge on any atom is 0.223 e. The van der Waals surface area contributed by atoms with Crippen LogP contribution in [0.1, 0.15) is 36.1 Å². The minimum atomic E-state index is 0.0827. The standard InChI is InChI=1S/C23H30N2O3/c1-4-17-5-7-18(8-6-17)21-16-24-13-14-25(21)23(26)12-9-19-15-20(27-2)10-11-22(19)28-3/h5-8,10-11,15,21,24H,4,9,12-14,16H2,1-3H3. The van der Waals surface area contributed by atoms with Gasteiger partial charge in [-0.05, 0) is 47.7 Å². The fourth-order valence-electron chi connectivity index (χ4n) is 3.74. The smallest absolute Gasteiger partial charge is 0.223 e. The number of benzene rings is 2. The summed E-state index contributed by atoms with van der Waals surface area (Å²) < 4.78 is 10.8. The highest BCUT2D eigenvalue weighted by molar-refractivity contribution is 5.77. The van der Waals surface area contributed by atoms with Gasteiger partial charge in [0.25, 0.3) is 0 Å². The van der Waals surface area contributed by atoms with Crippen molar-refractivity contribution in [3.63, 3.8) is 0 Å². The number of rotatable bonds is 7. The lowest BCUT2D eigenvalue weighted by Gasteiger charge is -2.37. The highest BCUT2D eigenvalue weighted by Gasteiger charge is 2.27. The van der Waals surface area contributed by atoms with Gasteiger partial charge in [0, 0.05) is 26.1 Å². The fraction of sp³-hybridized carbons (Fsp3) is 0.435. The number of carbonyl (C=O) groups is 1. The van der Waals surface area contributed by atoms with Crippen molar-refractivity contribution in [2.24, 2.45) is 0 Å². The maximum absolute atomic E-state index is 13.1. The molecular formula is C23H30N2O3. The van der Waals surface area contributed by atoms with E-state index < -0.39 is 0 Å². The number of ether oxygens (including phenoxy) is 2. The first kappa shape index (κ1) is 20.2. The van der Waals surface area contributed by atoms with Crippen LogP contribution < -0.4 is 14.8 Å². The molecule has 5 heteroatoms. The molecule has 1 atom stereocenters. The number of methoxy groups -OCH3 is 2.